The first-order valence-electron chi connectivity index (χ1n) is 13.1. The highest BCUT2D eigenvalue weighted by molar-refractivity contribution is 5.92. The number of amides is 3. The summed E-state index contributed by atoms with van der Waals surface area (Å²) in [5.74, 6) is 1.93. The van der Waals surface area contributed by atoms with Crippen molar-refractivity contribution < 1.29 is 19.1 Å². The maximum Gasteiger partial charge on any atom is 0.408 e. The van der Waals surface area contributed by atoms with Gasteiger partial charge in [-0.3, -0.25) is 9.59 Å². The lowest BCUT2D eigenvalue weighted by atomic mass is 9.95. The molecule has 0 heterocycles. The summed E-state index contributed by atoms with van der Waals surface area (Å²) >= 11 is 0. The number of hydrogen-bond acceptors (Lipinski definition) is 4. The van der Waals surface area contributed by atoms with Gasteiger partial charge in [0, 0.05) is 17.6 Å². The van der Waals surface area contributed by atoms with Crippen LogP contribution in [-0.2, 0) is 14.3 Å². The Balaban J connectivity index is 2.47. The number of carbonyl (C=O) groups is 3. The van der Waals surface area contributed by atoms with Gasteiger partial charge >= 0.3 is 6.09 Å². The number of alkyl carbamates (subject to hydrolysis) is 1. The maximum absolute atomic E-state index is 14.1. The summed E-state index contributed by atoms with van der Waals surface area (Å²) in [5, 5.41) is 5.90. The molecule has 1 fully saturated rings. The van der Waals surface area contributed by atoms with Gasteiger partial charge < -0.3 is 20.3 Å². The number of carbonyl (C=O) groups excluding carboxylic acids is 3. The van der Waals surface area contributed by atoms with Crippen LogP contribution in [-0.4, -0.2) is 46.5 Å². The van der Waals surface area contributed by atoms with Gasteiger partial charge in [-0.1, -0.05) is 51.7 Å². The monoisotopic (exact) mass is 497 g/mol. The van der Waals surface area contributed by atoms with Crippen molar-refractivity contribution in [3.63, 3.8) is 0 Å². The lowest BCUT2D eigenvalue weighted by molar-refractivity contribution is -0.144. The van der Waals surface area contributed by atoms with E-state index in [4.69, 9.17) is 11.2 Å². The van der Waals surface area contributed by atoms with Gasteiger partial charge in [-0.2, -0.15) is 0 Å². The largest absolute Gasteiger partial charge is 0.444 e. The van der Waals surface area contributed by atoms with Crippen LogP contribution in [0.1, 0.15) is 97.7 Å². The van der Waals surface area contributed by atoms with E-state index in [1.54, 1.807) is 37.8 Å². The number of ether oxygens (including phenoxy) is 1. The van der Waals surface area contributed by atoms with Crippen LogP contribution < -0.4 is 10.6 Å². The molecule has 0 spiro atoms. The summed E-state index contributed by atoms with van der Waals surface area (Å²) < 4.78 is 5.45. The molecule has 1 saturated carbocycles. The minimum absolute atomic E-state index is 0.0311. The summed E-state index contributed by atoms with van der Waals surface area (Å²) in [4.78, 5) is 42.1. The fourth-order valence-electron chi connectivity index (χ4n) is 4.18. The molecule has 0 bridgehead atoms. The molecular weight excluding hydrogens is 454 g/mol. The summed E-state index contributed by atoms with van der Waals surface area (Å²) in [6.07, 6.45) is 8.95. The molecule has 4 atom stereocenters. The summed E-state index contributed by atoms with van der Waals surface area (Å²) in [6, 6.07) is 5.43. The molecule has 1 aromatic carbocycles. The van der Waals surface area contributed by atoms with Crippen LogP contribution in [0.3, 0.4) is 0 Å². The second kappa shape index (κ2) is 12.8. The number of terminal acetylenes is 1. The van der Waals surface area contributed by atoms with E-state index >= 15 is 0 Å². The number of rotatable bonds is 11. The normalized spacial score (nSPS) is 16.6. The predicted molar refractivity (Wildman–Crippen MR) is 142 cm³/mol. The highest BCUT2D eigenvalue weighted by Gasteiger charge is 2.45. The van der Waals surface area contributed by atoms with E-state index in [-0.39, 0.29) is 29.8 Å². The van der Waals surface area contributed by atoms with Crippen LogP contribution >= 0.6 is 0 Å². The van der Waals surface area contributed by atoms with Crippen LogP contribution in [0.25, 0.3) is 0 Å². The van der Waals surface area contributed by atoms with E-state index in [1.165, 1.54) is 0 Å². The molecule has 1 aliphatic carbocycles. The Morgan fingerprint density at radius 3 is 2.19 bits per heavy atom. The van der Waals surface area contributed by atoms with E-state index < -0.39 is 23.8 Å². The van der Waals surface area contributed by atoms with Gasteiger partial charge in [0.1, 0.15) is 17.7 Å². The van der Waals surface area contributed by atoms with Gasteiger partial charge in [0.25, 0.3) is 0 Å². The molecule has 4 unspecified atom stereocenters. The number of benzene rings is 1. The van der Waals surface area contributed by atoms with Crippen molar-refractivity contribution in [2.75, 3.05) is 0 Å². The SMILES string of the molecule is C#Cc1ccc(C(C(=O)NC(C)CCC)N(C(=O)C(NC(=O)OC(C)(C)C)C(C)CC)C2CC2)cc1. The molecule has 0 aliphatic heterocycles. The van der Waals surface area contributed by atoms with Crippen LogP contribution in [0.2, 0.25) is 0 Å². The molecule has 7 nitrogen and oxygen atoms in total. The molecule has 2 N–H and O–H groups in total. The Hall–Kier alpha value is -3.01. The van der Waals surface area contributed by atoms with Crippen molar-refractivity contribution in [2.24, 2.45) is 5.92 Å². The van der Waals surface area contributed by atoms with Gasteiger partial charge in [-0.05, 0) is 70.6 Å². The Labute approximate surface area is 216 Å². The molecular formula is C29H43N3O4. The van der Waals surface area contributed by atoms with Crippen LogP contribution in [0.15, 0.2) is 24.3 Å². The molecule has 1 aliphatic rings. The smallest absolute Gasteiger partial charge is 0.408 e. The third-order valence-corrected chi connectivity index (χ3v) is 6.38. The third-order valence-electron chi connectivity index (χ3n) is 6.38. The second-order valence-corrected chi connectivity index (χ2v) is 10.9. The molecule has 0 radical (unpaired) electrons. The quantitative estimate of drug-likeness (QED) is 0.424. The Morgan fingerprint density at radius 2 is 1.72 bits per heavy atom. The highest BCUT2D eigenvalue weighted by atomic mass is 16.6. The van der Waals surface area contributed by atoms with E-state index in [9.17, 15) is 14.4 Å². The summed E-state index contributed by atoms with van der Waals surface area (Å²) in [6.45, 7) is 13.3. The number of hydrogen-bond donors (Lipinski definition) is 2. The standard InChI is InChI=1S/C29H43N3O4/c1-9-12-20(5)30-26(33)25(22-15-13-21(11-3)14-16-22)32(23-17-18-23)27(34)24(19(4)10-2)31-28(35)36-29(6,7)8/h3,13-16,19-20,23-25H,9-10,12,17-18H2,1-2,4-8H3,(H,30,33)(H,31,35). The van der Waals surface area contributed by atoms with Crippen molar-refractivity contribution in [1.82, 2.24) is 15.5 Å². The molecule has 36 heavy (non-hydrogen) atoms. The van der Waals surface area contributed by atoms with Crippen molar-refractivity contribution in [3.8, 4) is 12.3 Å². The first-order valence-corrected chi connectivity index (χ1v) is 13.1. The topological polar surface area (TPSA) is 87.7 Å². The first kappa shape index (κ1) is 29.2. The van der Waals surface area contributed by atoms with Crippen molar-refractivity contribution >= 4 is 17.9 Å². The van der Waals surface area contributed by atoms with Gasteiger partial charge in [0.15, 0.2) is 0 Å². The second-order valence-electron chi connectivity index (χ2n) is 10.9. The minimum Gasteiger partial charge on any atom is -0.444 e. The summed E-state index contributed by atoms with van der Waals surface area (Å²) in [7, 11) is 0. The van der Waals surface area contributed by atoms with Crippen LogP contribution in [0.5, 0.6) is 0 Å². The van der Waals surface area contributed by atoms with Crippen LogP contribution in [0, 0.1) is 18.3 Å². The Bertz CT molecular complexity index is 941. The Kier molecular flexibility index (Phi) is 10.4. The molecule has 1 aromatic rings. The van der Waals surface area contributed by atoms with E-state index in [2.05, 4.69) is 23.5 Å². The van der Waals surface area contributed by atoms with E-state index in [0.717, 1.165) is 25.7 Å². The fourth-order valence-corrected chi connectivity index (χ4v) is 4.18. The van der Waals surface area contributed by atoms with E-state index in [1.807, 2.05) is 32.9 Å². The molecule has 0 saturated heterocycles. The first-order chi connectivity index (χ1) is 16.9. The lowest BCUT2D eigenvalue weighted by Crippen LogP contribution is -2.56. The molecule has 198 valence electrons. The van der Waals surface area contributed by atoms with Gasteiger partial charge in [0.05, 0.1) is 0 Å². The molecule has 0 aromatic heterocycles. The highest BCUT2D eigenvalue weighted by Crippen LogP contribution is 2.36. The zero-order valence-corrected chi connectivity index (χ0v) is 22.9. The van der Waals surface area contributed by atoms with Gasteiger partial charge in [-0.15, -0.1) is 6.42 Å². The number of nitrogens with one attached hydrogen (secondary N) is 2. The number of nitrogens with zero attached hydrogens (tertiary/aromatic N) is 1. The Morgan fingerprint density at radius 1 is 1.11 bits per heavy atom. The third kappa shape index (κ3) is 8.29. The molecule has 7 heteroatoms. The van der Waals surface area contributed by atoms with Crippen molar-refractivity contribution in [1.29, 1.82) is 0 Å². The fraction of sp³-hybridized carbons (Fsp3) is 0.621. The van der Waals surface area contributed by atoms with Gasteiger partial charge in [0.2, 0.25) is 11.8 Å². The van der Waals surface area contributed by atoms with Crippen LogP contribution in [0.4, 0.5) is 4.79 Å². The maximum atomic E-state index is 14.1. The molecule has 2 rings (SSSR count). The zero-order valence-electron chi connectivity index (χ0n) is 22.9. The lowest BCUT2D eigenvalue weighted by Gasteiger charge is -2.36. The summed E-state index contributed by atoms with van der Waals surface area (Å²) in [5.41, 5.74) is 0.696. The molecule has 3 amide bonds. The zero-order chi connectivity index (χ0) is 27.0. The van der Waals surface area contributed by atoms with E-state index in [0.29, 0.717) is 17.5 Å². The van der Waals surface area contributed by atoms with Crippen molar-refractivity contribution in [2.45, 2.75) is 110 Å². The van der Waals surface area contributed by atoms with Crippen molar-refractivity contribution in [3.05, 3.63) is 35.4 Å². The predicted octanol–water partition coefficient (Wildman–Crippen LogP) is 4.94. The minimum atomic E-state index is -0.830. The van der Waals surface area contributed by atoms with Gasteiger partial charge in [-0.25, -0.2) is 4.79 Å². The average molecular weight is 498 g/mol. The average Bonchev–Trinajstić information content (AvgIpc) is 3.64.